The molecule has 0 spiro atoms. The van der Waals surface area contributed by atoms with Crippen LogP contribution in [0.5, 0.6) is 0 Å². The Morgan fingerprint density at radius 2 is 1.31 bits per heavy atom. The van der Waals surface area contributed by atoms with Crippen LogP contribution < -0.4 is 32.0 Å². The van der Waals surface area contributed by atoms with Gasteiger partial charge in [0.1, 0.15) is 15.0 Å². The first-order valence-corrected chi connectivity index (χ1v) is 27.3. The molecule has 23 heteroatoms. The smallest absolute Gasteiger partial charge is 0.304 e. The third kappa shape index (κ3) is 14.9. The number of nitrogens with one attached hydrogen (secondary N) is 2. The molecule has 4 aromatic carbocycles. The van der Waals surface area contributed by atoms with Crippen molar-refractivity contribution in [1.29, 1.82) is 0 Å². The van der Waals surface area contributed by atoms with E-state index < -0.39 is 58.3 Å². The second-order valence-corrected chi connectivity index (χ2v) is 20.2. The Morgan fingerprint density at radius 3 is 1.97 bits per heavy atom. The molecular weight excluding hydrogens is 1040 g/mol. The van der Waals surface area contributed by atoms with Crippen molar-refractivity contribution >= 4 is 66.2 Å². The number of benzene rings is 5. The molecule has 406 valence electrons. The number of hydrogen-bond donors (Lipinski definition) is 5. The predicted molar refractivity (Wildman–Crippen MR) is 280 cm³/mol. The molecule has 0 unspecified atom stereocenters. The molecule has 7 N–H and O–H groups in total. The summed E-state index contributed by atoms with van der Waals surface area (Å²) in [6.07, 6.45) is 0.443. The van der Waals surface area contributed by atoms with Crippen molar-refractivity contribution in [3.8, 4) is 34.3 Å². The molecule has 0 saturated carbocycles. The van der Waals surface area contributed by atoms with Gasteiger partial charge in [-0.2, -0.15) is 8.42 Å². The normalized spacial score (nSPS) is 12.2. The summed E-state index contributed by atoms with van der Waals surface area (Å²) in [6.45, 7) is 3.45. The van der Waals surface area contributed by atoms with E-state index >= 15 is 0 Å². The molecule has 2 aliphatic heterocycles. The highest BCUT2D eigenvalue weighted by Gasteiger charge is 2.32. The summed E-state index contributed by atoms with van der Waals surface area (Å²) < 4.78 is 101. The molecule has 0 atom stereocenters. The lowest BCUT2D eigenvalue weighted by atomic mass is 9.90. The fourth-order valence-corrected chi connectivity index (χ4v) is 10.00. The first-order chi connectivity index (χ1) is 36.9. The summed E-state index contributed by atoms with van der Waals surface area (Å²) in [6, 6.07) is 26.5. The van der Waals surface area contributed by atoms with Crippen LogP contribution in [0.3, 0.4) is 0 Å². The number of carbonyl (C=O) groups is 4. The van der Waals surface area contributed by atoms with Crippen LogP contribution in [0, 0.1) is 11.8 Å². The van der Waals surface area contributed by atoms with Gasteiger partial charge in [0, 0.05) is 85.2 Å². The van der Waals surface area contributed by atoms with E-state index in [0.717, 1.165) is 28.4 Å². The van der Waals surface area contributed by atoms with Gasteiger partial charge in [-0.15, -0.1) is 0 Å². The van der Waals surface area contributed by atoms with E-state index in [1.54, 1.807) is 17.0 Å². The SMILES string of the molecule is CN(CCCC(=O)NCCOCCOCCOCCOCCNC(=O)CCC(=O)N1Cc2ccccc2C#Cc2ccccc21)C(=O)c1ccccc1-c1c2ccc(=[NH2+])c(S(=O)(=O)O)c-2oc2c(S(=O)(=O)[O-])c(N)ccc12. The summed E-state index contributed by atoms with van der Waals surface area (Å²) in [5, 5.41) is 11.1. The van der Waals surface area contributed by atoms with E-state index in [2.05, 4.69) is 22.5 Å². The average Bonchev–Trinajstić information content (AvgIpc) is 3.41. The lowest BCUT2D eigenvalue weighted by Crippen LogP contribution is -2.47. The molecule has 0 bridgehead atoms. The number of hydrogen-bond acceptors (Lipinski definition) is 15. The Hall–Kier alpha value is -7.53. The first kappa shape index (κ1) is 57.2. The molecule has 0 fully saturated rings. The van der Waals surface area contributed by atoms with E-state index in [9.17, 15) is 45.1 Å². The van der Waals surface area contributed by atoms with Crippen LogP contribution in [-0.4, -0.2) is 134 Å². The number of nitrogen functional groups attached to an aromatic ring is 1. The first-order valence-electron chi connectivity index (χ1n) is 24.5. The molecule has 4 amide bonds. The standard InChI is InChI=1S/C54H58N6O15S2/c1-59(54(64)40-13-6-5-12-39(40)49-41-18-20-43(55)52(76(65,66)67)50(41)75-51-42(49)19-21-44(56)53(51)77(68,69)70)26-8-15-46(61)57-24-27-71-29-31-73-33-34-74-32-30-72-28-25-58-47(62)22-23-48(63)60-35-38-11-3-2-9-36(38)16-17-37-10-4-7-14-45(37)60/h2-7,9-14,18-21,55H,8,15,22-35,56H2,1H3,(H,57,61)(H,58,62)(H,65,66,67)(H,68,69,70). The molecule has 2 heterocycles. The Bertz CT molecular complexity index is 3470. The van der Waals surface area contributed by atoms with Crippen molar-refractivity contribution < 1.29 is 73.9 Å². The zero-order valence-electron chi connectivity index (χ0n) is 42.1. The van der Waals surface area contributed by atoms with Crippen molar-refractivity contribution in [2.75, 3.05) is 90.2 Å². The Kier molecular flexibility index (Phi) is 19.7. The van der Waals surface area contributed by atoms with Gasteiger partial charge in [-0.25, -0.2) is 8.42 Å². The predicted octanol–water partition coefficient (Wildman–Crippen LogP) is 2.48. The van der Waals surface area contributed by atoms with Crippen molar-refractivity contribution in [2.24, 2.45) is 0 Å². The molecular formula is C54H58N6O15S2. The lowest BCUT2D eigenvalue weighted by molar-refractivity contribution is -0.176. The van der Waals surface area contributed by atoms with Gasteiger partial charge in [-0.05, 0) is 60.0 Å². The molecule has 77 heavy (non-hydrogen) atoms. The van der Waals surface area contributed by atoms with Crippen LogP contribution in [0.25, 0.3) is 33.4 Å². The van der Waals surface area contributed by atoms with Crippen LogP contribution in [0.1, 0.15) is 52.7 Å². The Balaban J connectivity index is 0.746. The third-order valence-electron chi connectivity index (χ3n) is 12.2. The zero-order valence-corrected chi connectivity index (χ0v) is 43.7. The van der Waals surface area contributed by atoms with Gasteiger partial charge in [0.15, 0.2) is 11.3 Å². The highest BCUT2D eigenvalue weighted by molar-refractivity contribution is 7.86. The second kappa shape index (κ2) is 26.5. The van der Waals surface area contributed by atoms with Gasteiger partial charge >= 0.3 is 10.1 Å². The fourth-order valence-electron chi connectivity index (χ4n) is 8.51. The molecule has 0 radical (unpaired) electrons. The number of rotatable bonds is 26. The quantitative estimate of drug-likeness (QED) is 0.0171. The van der Waals surface area contributed by atoms with Crippen molar-refractivity contribution in [3.63, 3.8) is 0 Å². The maximum absolute atomic E-state index is 14.0. The summed E-state index contributed by atoms with van der Waals surface area (Å²) in [5.41, 5.74) is 8.47. The van der Waals surface area contributed by atoms with Crippen molar-refractivity contribution in [2.45, 2.75) is 42.0 Å². The molecule has 3 aliphatic rings. The number of ether oxygens (including phenoxy) is 4. The van der Waals surface area contributed by atoms with E-state index in [-0.39, 0.29) is 110 Å². The number of nitrogens with two attached hydrogens (primary N) is 2. The summed E-state index contributed by atoms with van der Waals surface area (Å²) in [7, 11) is -8.89. The summed E-state index contributed by atoms with van der Waals surface area (Å²) >= 11 is 0. The largest absolute Gasteiger partial charge is 0.744 e. The van der Waals surface area contributed by atoms with E-state index in [4.69, 9.17) is 34.5 Å². The highest BCUT2D eigenvalue weighted by atomic mass is 32.2. The maximum Gasteiger partial charge on any atom is 0.304 e. The minimum Gasteiger partial charge on any atom is -0.744 e. The Labute approximate surface area is 445 Å². The van der Waals surface area contributed by atoms with Gasteiger partial charge in [0.25, 0.3) is 5.91 Å². The van der Waals surface area contributed by atoms with Crippen LogP contribution in [0.4, 0.5) is 11.4 Å². The summed E-state index contributed by atoms with van der Waals surface area (Å²) in [5.74, 6) is 4.60. The number of nitrogens with zero attached hydrogens (tertiary/aromatic N) is 2. The third-order valence-corrected chi connectivity index (χ3v) is 14.1. The van der Waals surface area contributed by atoms with Crippen LogP contribution in [-0.2, 0) is 60.1 Å². The minimum atomic E-state index is -5.33. The number of para-hydroxylation sites is 1. The molecule has 4 aromatic rings. The van der Waals surface area contributed by atoms with Crippen molar-refractivity contribution in [3.05, 3.63) is 125 Å². The average molecular weight is 1100 g/mol. The summed E-state index contributed by atoms with van der Waals surface area (Å²) in [4.78, 5) is 53.8. The number of anilines is 2. The molecule has 0 aromatic heterocycles. The zero-order chi connectivity index (χ0) is 55.1. The Morgan fingerprint density at radius 1 is 0.727 bits per heavy atom. The van der Waals surface area contributed by atoms with Gasteiger partial charge in [-0.3, -0.25) is 29.1 Å². The van der Waals surface area contributed by atoms with E-state index in [1.165, 1.54) is 42.3 Å². The lowest BCUT2D eigenvalue weighted by Gasteiger charge is -2.26. The van der Waals surface area contributed by atoms with Gasteiger partial charge in [0.05, 0.1) is 70.8 Å². The monoisotopic (exact) mass is 1090 g/mol. The number of fused-ring (bicyclic) bond motifs is 4. The molecule has 1 aliphatic carbocycles. The molecule has 7 rings (SSSR count). The highest BCUT2D eigenvalue weighted by Crippen LogP contribution is 2.45. The topological polar surface area (TPSA) is 312 Å². The van der Waals surface area contributed by atoms with Crippen LogP contribution in [0.2, 0.25) is 0 Å². The van der Waals surface area contributed by atoms with Gasteiger partial charge < -0.3 is 54.1 Å². The maximum atomic E-state index is 14.0. The minimum absolute atomic E-state index is 0.00977. The number of carbonyl (C=O) groups excluding carboxylic acids is 4. The van der Waals surface area contributed by atoms with E-state index in [0.29, 0.717) is 39.6 Å². The second-order valence-electron chi connectivity index (χ2n) is 17.6. The fraction of sp³-hybridized carbons (Fsp3) is 0.315. The molecule has 0 saturated heterocycles. The van der Waals surface area contributed by atoms with Crippen LogP contribution in [0.15, 0.2) is 111 Å². The van der Waals surface area contributed by atoms with Gasteiger partial charge in [-0.1, -0.05) is 60.4 Å². The number of amides is 4. The van der Waals surface area contributed by atoms with Gasteiger partial charge in [0.2, 0.25) is 28.0 Å². The van der Waals surface area contributed by atoms with Crippen molar-refractivity contribution in [1.82, 2.24) is 15.5 Å². The molecule has 21 nitrogen and oxygen atoms in total. The van der Waals surface area contributed by atoms with E-state index in [1.807, 2.05) is 48.5 Å². The van der Waals surface area contributed by atoms with Crippen LogP contribution >= 0.6 is 0 Å².